The van der Waals surface area contributed by atoms with Gasteiger partial charge in [-0.1, -0.05) is 6.92 Å². The third-order valence-corrected chi connectivity index (χ3v) is 2.84. The van der Waals surface area contributed by atoms with Crippen molar-refractivity contribution in [2.45, 2.75) is 33.4 Å². The van der Waals surface area contributed by atoms with Crippen LogP contribution in [0.25, 0.3) is 0 Å². The maximum absolute atomic E-state index is 4.40. The van der Waals surface area contributed by atoms with Crippen LogP contribution in [-0.4, -0.2) is 19.3 Å². The lowest BCUT2D eigenvalue weighted by Crippen LogP contribution is -2.06. The molecule has 2 aromatic rings. The van der Waals surface area contributed by atoms with E-state index in [9.17, 15) is 0 Å². The predicted octanol–water partition coefficient (Wildman–Crippen LogP) is 1.81. The van der Waals surface area contributed by atoms with Crippen molar-refractivity contribution in [2.75, 3.05) is 5.32 Å². The summed E-state index contributed by atoms with van der Waals surface area (Å²) in [6.07, 6.45) is 6.72. The molecule has 17 heavy (non-hydrogen) atoms. The van der Waals surface area contributed by atoms with Crippen LogP contribution in [0.1, 0.15) is 25.2 Å². The minimum Gasteiger partial charge on any atom is -0.377 e. The number of hydrogen-bond donors (Lipinski definition) is 1. The molecule has 0 unspecified atom stereocenters. The topological polar surface area (TPSA) is 47.7 Å². The average molecular weight is 233 g/mol. The van der Waals surface area contributed by atoms with Crippen LogP contribution in [0.2, 0.25) is 0 Å². The number of hydrogen-bond acceptors (Lipinski definition) is 3. The summed E-state index contributed by atoms with van der Waals surface area (Å²) < 4.78 is 3.98. The van der Waals surface area contributed by atoms with Crippen molar-refractivity contribution in [2.24, 2.45) is 7.05 Å². The zero-order valence-electron chi connectivity index (χ0n) is 10.6. The molecule has 0 saturated heterocycles. The molecule has 0 radical (unpaired) electrons. The highest BCUT2D eigenvalue weighted by Gasteiger charge is 2.06. The van der Waals surface area contributed by atoms with Gasteiger partial charge in [0.2, 0.25) is 0 Å². The van der Waals surface area contributed by atoms with Gasteiger partial charge in [-0.3, -0.25) is 4.68 Å². The Labute approximate surface area is 101 Å². The van der Waals surface area contributed by atoms with Gasteiger partial charge in [0.1, 0.15) is 0 Å². The van der Waals surface area contributed by atoms with Crippen LogP contribution in [0.15, 0.2) is 18.7 Å². The van der Waals surface area contributed by atoms with Gasteiger partial charge in [0.05, 0.1) is 29.9 Å². The fourth-order valence-electron chi connectivity index (χ4n) is 1.91. The smallest absolute Gasteiger partial charge is 0.0948 e. The van der Waals surface area contributed by atoms with Crippen LogP contribution >= 0.6 is 0 Å². The normalized spacial score (nSPS) is 10.8. The summed E-state index contributed by atoms with van der Waals surface area (Å²) in [4.78, 5) is 4.16. The van der Waals surface area contributed by atoms with Gasteiger partial charge in [-0.15, -0.1) is 0 Å². The van der Waals surface area contributed by atoms with E-state index in [4.69, 9.17) is 0 Å². The van der Waals surface area contributed by atoms with Gasteiger partial charge in [0.25, 0.3) is 0 Å². The quantitative estimate of drug-likeness (QED) is 0.856. The molecular weight excluding hydrogens is 214 g/mol. The monoisotopic (exact) mass is 233 g/mol. The summed E-state index contributed by atoms with van der Waals surface area (Å²) in [5.74, 6) is 0. The largest absolute Gasteiger partial charge is 0.377 e. The molecule has 5 nitrogen and oxygen atoms in total. The van der Waals surface area contributed by atoms with Crippen molar-refractivity contribution < 1.29 is 0 Å². The van der Waals surface area contributed by atoms with Crippen LogP contribution in [0.5, 0.6) is 0 Å². The van der Waals surface area contributed by atoms with Crippen molar-refractivity contribution >= 4 is 5.69 Å². The van der Waals surface area contributed by atoms with Gasteiger partial charge in [-0.05, 0) is 13.3 Å². The van der Waals surface area contributed by atoms with Crippen LogP contribution in [-0.2, 0) is 26.6 Å². The second kappa shape index (κ2) is 5.03. The molecule has 2 rings (SSSR count). The Kier molecular flexibility index (Phi) is 3.46. The molecular formula is C12H19N5. The van der Waals surface area contributed by atoms with Gasteiger partial charge >= 0.3 is 0 Å². The second-order valence-electron chi connectivity index (χ2n) is 4.04. The fraction of sp³-hybridized carbons (Fsp3) is 0.500. The molecule has 5 heteroatoms. The number of imidazole rings is 1. The van der Waals surface area contributed by atoms with Crippen molar-refractivity contribution in [1.29, 1.82) is 0 Å². The van der Waals surface area contributed by atoms with E-state index in [0.717, 1.165) is 30.9 Å². The van der Waals surface area contributed by atoms with Gasteiger partial charge in [0.15, 0.2) is 0 Å². The van der Waals surface area contributed by atoms with E-state index < -0.39 is 0 Å². The number of aromatic nitrogens is 4. The van der Waals surface area contributed by atoms with Crippen molar-refractivity contribution in [3.8, 4) is 0 Å². The lowest BCUT2D eigenvalue weighted by Gasteiger charge is -2.07. The summed E-state index contributed by atoms with van der Waals surface area (Å²) in [7, 11) is 1.95. The Hall–Kier alpha value is -1.78. The zero-order valence-corrected chi connectivity index (χ0v) is 10.6. The summed E-state index contributed by atoms with van der Waals surface area (Å²) in [6.45, 7) is 5.97. The van der Waals surface area contributed by atoms with E-state index in [0.29, 0.717) is 0 Å². The number of nitrogens with one attached hydrogen (secondary N) is 1. The Bertz CT molecular complexity index is 483. The lowest BCUT2D eigenvalue weighted by molar-refractivity contribution is 0.719. The highest BCUT2D eigenvalue weighted by atomic mass is 15.3. The van der Waals surface area contributed by atoms with E-state index in [1.165, 1.54) is 5.69 Å². The third kappa shape index (κ3) is 2.49. The molecule has 0 fully saturated rings. The van der Waals surface area contributed by atoms with Gasteiger partial charge in [-0.2, -0.15) is 5.10 Å². The second-order valence-corrected chi connectivity index (χ2v) is 4.04. The molecule has 2 heterocycles. The fourth-order valence-corrected chi connectivity index (χ4v) is 1.91. The van der Waals surface area contributed by atoms with Crippen LogP contribution < -0.4 is 5.32 Å². The zero-order chi connectivity index (χ0) is 12.3. The SMILES string of the molecule is CCc1nn(C)cc1NCc1cncn1CC. The summed E-state index contributed by atoms with van der Waals surface area (Å²) in [5, 5.41) is 7.82. The summed E-state index contributed by atoms with van der Waals surface area (Å²) >= 11 is 0. The molecule has 0 aliphatic carbocycles. The highest BCUT2D eigenvalue weighted by Crippen LogP contribution is 2.14. The minimum atomic E-state index is 0.784. The first kappa shape index (κ1) is 11.7. The first-order valence-corrected chi connectivity index (χ1v) is 6.00. The summed E-state index contributed by atoms with van der Waals surface area (Å²) in [5.41, 5.74) is 3.41. The van der Waals surface area contributed by atoms with E-state index in [2.05, 4.69) is 33.8 Å². The predicted molar refractivity (Wildman–Crippen MR) is 67.8 cm³/mol. The van der Waals surface area contributed by atoms with Gasteiger partial charge < -0.3 is 9.88 Å². The Morgan fingerprint density at radius 2 is 2.18 bits per heavy atom. The molecule has 0 aromatic carbocycles. The van der Waals surface area contributed by atoms with E-state index in [1.807, 2.05) is 30.5 Å². The molecule has 0 saturated carbocycles. The Balaban J connectivity index is 2.06. The number of anilines is 1. The average Bonchev–Trinajstić information content (AvgIpc) is 2.91. The minimum absolute atomic E-state index is 0.784. The molecule has 0 amide bonds. The number of nitrogens with zero attached hydrogens (tertiary/aromatic N) is 4. The molecule has 0 aliphatic heterocycles. The number of rotatable bonds is 5. The van der Waals surface area contributed by atoms with Gasteiger partial charge in [-0.25, -0.2) is 4.98 Å². The van der Waals surface area contributed by atoms with Crippen LogP contribution in [0, 0.1) is 0 Å². The maximum Gasteiger partial charge on any atom is 0.0948 e. The van der Waals surface area contributed by atoms with E-state index in [-0.39, 0.29) is 0 Å². The Morgan fingerprint density at radius 3 is 2.88 bits per heavy atom. The summed E-state index contributed by atoms with van der Waals surface area (Å²) in [6, 6.07) is 0. The van der Waals surface area contributed by atoms with Crippen LogP contribution in [0.4, 0.5) is 5.69 Å². The standard InChI is InChI=1S/C12H19N5/c1-4-11-12(8-16(3)15-11)14-7-10-6-13-9-17(10)5-2/h6,8-9,14H,4-5,7H2,1-3H3. The first-order valence-electron chi connectivity index (χ1n) is 6.00. The molecule has 1 N–H and O–H groups in total. The van der Waals surface area contributed by atoms with Crippen molar-refractivity contribution in [3.63, 3.8) is 0 Å². The Morgan fingerprint density at radius 1 is 1.35 bits per heavy atom. The maximum atomic E-state index is 4.40. The molecule has 0 bridgehead atoms. The molecule has 0 spiro atoms. The molecule has 2 aromatic heterocycles. The van der Waals surface area contributed by atoms with Gasteiger partial charge in [0, 0.05) is 26.0 Å². The first-order chi connectivity index (χ1) is 8.24. The number of aryl methyl sites for hydroxylation is 3. The highest BCUT2D eigenvalue weighted by molar-refractivity contribution is 5.46. The van der Waals surface area contributed by atoms with Crippen LogP contribution in [0.3, 0.4) is 0 Å². The molecule has 0 atom stereocenters. The molecule has 0 aliphatic rings. The lowest BCUT2D eigenvalue weighted by atomic mass is 10.3. The third-order valence-electron chi connectivity index (χ3n) is 2.84. The molecule has 92 valence electrons. The van der Waals surface area contributed by atoms with E-state index >= 15 is 0 Å². The van der Waals surface area contributed by atoms with Crippen molar-refractivity contribution in [3.05, 3.63) is 30.1 Å². The van der Waals surface area contributed by atoms with Crippen molar-refractivity contribution in [1.82, 2.24) is 19.3 Å². The van der Waals surface area contributed by atoms with E-state index in [1.54, 1.807) is 0 Å².